The molecule has 14 nitrogen and oxygen atoms in total. The van der Waals surface area contributed by atoms with Crippen molar-refractivity contribution in [3.05, 3.63) is 0 Å². The van der Waals surface area contributed by atoms with Crippen LogP contribution >= 0.6 is 0 Å². The standard InChI is InChI=1S/C11H22N2O5.C6H9NO2.C5H10N2O2.CH4/c1-4-12-10(14)17-7-9(16-6-3)8-18-11(15)13-5-2;1-4-3-5(8)7(2)6(4)9;1-5(9)7-3-2-6-4-8;/h9H,4-8H2,1-3H3,(H,12,14)(H,13,15);4H,3H2,1-2H3;4H,2-3H2,1H3,(H,6,8)(H,7,9);1H4. The molecule has 1 saturated heterocycles. The van der Waals surface area contributed by atoms with Crippen LogP contribution < -0.4 is 21.3 Å². The van der Waals surface area contributed by atoms with Gasteiger partial charge in [0.25, 0.3) is 0 Å². The molecule has 0 aromatic rings. The van der Waals surface area contributed by atoms with E-state index in [4.69, 9.17) is 14.2 Å². The number of nitrogens with one attached hydrogen (secondary N) is 4. The highest BCUT2D eigenvalue weighted by Gasteiger charge is 2.32. The average Bonchev–Trinajstić information content (AvgIpc) is 3.05. The van der Waals surface area contributed by atoms with E-state index in [1.54, 1.807) is 20.8 Å². The lowest BCUT2D eigenvalue weighted by Crippen LogP contribution is -2.34. The van der Waals surface area contributed by atoms with E-state index < -0.39 is 18.3 Å². The van der Waals surface area contributed by atoms with Gasteiger partial charge in [-0.2, -0.15) is 0 Å². The minimum absolute atomic E-state index is 0. The van der Waals surface area contributed by atoms with Crippen molar-refractivity contribution in [2.24, 2.45) is 5.92 Å². The third-order valence-corrected chi connectivity index (χ3v) is 4.18. The van der Waals surface area contributed by atoms with Crippen LogP contribution in [0.5, 0.6) is 0 Å². The maximum Gasteiger partial charge on any atom is 0.407 e. The summed E-state index contributed by atoms with van der Waals surface area (Å²) >= 11 is 0. The molecule has 1 rings (SSSR count). The first-order valence-corrected chi connectivity index (χ1v) is 11.7. The largest absolute Gasteiger partial charge is 0.447 e. The van der Waals surface area contributed by atoms with E-state index in [9.17, 15) is 28.8 Å². The number of amides is 6. The number of carbonyl (C=O) groups is 6. The van der Waals surface area contributed by atoms with E-state index in [1.165, 1.54) is 18.9 Å². The van der Waals surface area contributed by atoms with Crippen LogP contribution in [-0.4, -0.2) is 100 Å². The number of ether oxygens (including phenoxy) is 3. The number of imide groups is 1. The zero-order valence-corrected chi connectivity index (χ0v) is 22.0. The summed E-state index contributed by atoms with van der Waals surface area (Å²) in [7, 11) is 1.52. The Morgan fingerprint density at radius 1 is 1.00 bits per heavy atom. The molecule has 0 aromatic carbocycles. The second kappa shape index (κ2) is 24.3. The van der Waals surface area contributed by atoms with Gasteiger partial charge in [-0.1, -0.05) is 14.4 Å². The van der Waals surface area contributed by atoms with Gasteiger partial charge in [-0.25, -0.2) is 9.59 Å². The van der Waals surface area contributed by atoms with Crippen molar-refractivity contribution in [3.63, 3.8) is 0 Å². The minimum Gasteiger partial charge on any atom is -0.447 e. The zero-order valence-electron chi connectivity index (χ0n) is 22.0. The highest BCUT2D eigenvalue weighted by Crippen LogP contribution is 2.15. The summed E-state index contributed by atoms with van der Waals surface area (Å²) in [5.41, 5.74) is 0. The van der Waals surface area contributed by atoms with Gasteiger partial charge in [-0.15, -0.1) is 0 Å². The van der Waals surface area contributed by atoms with Gasteiger partial charge in [0.15, 0.2) is 0 Å². The van der Waals surface area contributed by atoms with Gasteiger partial charge < -0.3 is 35.5 Å². The molecule has 1 aliphatic heterocycles. The Labute approximate surface area is 219 Å². The van der Waals surface area contributed by atoms with Crippen molar-refractivity contribution in [3.8, 4) is 0 Å². The fourth-order valence-corrected chi connectivity index (χ4v) is 2.42. The van der Waals surface area contributed by atoms with Crippen LogP contribution in [0.1, 0.15) is 48.5 Å². The lowest BCUT2D eigenvalue weighted by molar-refractivity contribution is -0.137. The van der Waals surface area contributed by atoms with Gasteiger partial charge >= 0.3 is 12.2 Å². The third-order valence-electron chi connectivity index (χ3n) is 4.18. The summed E-state index contributed by atoms with van der Waals surface area (Å²) < 4.78 is 15.1. The Morgan fingerprint density at radius 3 is 1.81 bits per heavy atom. The molecule has 4 N–H and O–H groups in total. The lowest BCUT2D eigenvalue weighted by Gasteiger charge is -2.17. The zero-order chi connectivity index (χ0) is 27.9. The molecule has 37 heavy (non-hydrogen) atoms. The smallest absolute Gasteiger partial charge is 0.407 e. The number of carbonyl (C=O) groups excluding carboxylic acids is 6. The van der Waals surface area contributed by atoms with Crippen LogP contribution in [0.25, 0.3) is 0 Å². The summed E-state index contributed by atoms with van der Waals surface area (Å²) in [4.78, 5) is 64.7. The van der Waals surface area contributed by atoms with E-state index in [0.29, 0.717) is 45.6 Å². The molecule has 1 atom stereocenters. The number of alkyl carbamates (subject to hydrolysis) is 2. The highest BCUT2D eigenvalue weighted by molar-refractivity contribution is 6.02. The molecule has 0 aliphatic carbocycles. The summed E-state index contributed by atoms with van der Waals surface area (Å²) in [6, 6.07) is 0. The van der Waals surface area contributed by atoms with Crippen LogP contribution in [0.15, 0.2) is 0 Å². The molecule has 14 heteroatoms. The molecule has 0 saturated carbocycles. The van der Waals surface area contributed by atoms with Gasteiger partial charge in [0.1, 0.15) is 19.3 Å². The molecular weight excluding hydrogens is 490 g/mol. The van der Waals surface area contributed by atoms with Crippen molar-refractivity contribution in [1.29, 1.82) is 0 Å². The van der Waals surface area contributed by atoms with E-state index in [2.05, 4.69) is 21.3 Å². The molecule has 1 fully saturated rings. The first kappa shape index (κ1) is 38.1. The van der Waals surface area contributed by atoms with Crippen LogP contribution in [0.3, 0.4) is 0 Å². The van der Waals surface area contributed by atoms with E-state index in [1.807, 2.05) is 6.92 Å². The van der Waals surface area contributed by atoms with Crippen molar-refractivity contribution in [1.82, 2.24) is 26.2 Å². The lowest BCUT2D eigenvalue weighted by atomic mass is 10.1. The topological polar surface area (TPSA) is 181 Å². The monoisotopic (exact) mass is 535 g/mol. The maximum absolute atomic E-state index is 11.1. The van der Waals surface area contributed by atoms with Gasteiger partial charge in [-0.3, -0.25) is 24.1 Å². The maximum atomic E-state index is 11.1. The average molecular weight is 536 g/mol. The molecule has 0 bridgehead atoms. The second-order valence-electron chi connectivity index (χ2n) is 7.29. The summed E-state index contributed by atoms with van der Waals surface area (Å²) in [6.07, 6.45) is -0.502. The summed E-state index contributed by atoms with van der Waals surface area (Å²) in [5, 5.41) is 9.91. The molecule has 1 heterocycles. The SMILES string of the molecule is C.CC(=O)NCCNC=O.CC1CC(=O)N(C)C1=O.CCNC(=O)OCC(COC(=O)NCC)OCC. The van der Waals surface area contributed by atoms with Crippen LogP contribution in [0.2, 0.25) is 0 Å². The molecule has 0 radical (unpaired) electrons. The van der Waals surface area contributed by atoms with E-state index >= 15 is 0 Å². The normalized spacial score (nSPS) is 13.6. The Morgan fingerprint density at radius 2 is 1.51 bits per heavy atom. The van der Waals surface area contributed by atoms with Crippen molar-refractivity contribution < 1.29 is 43.0 Å². The van der Waals surface area contributed by atoms with Crippen LogP contribution in [-0.2, 0) is 33.4 Å². The van der Waals surface area contributed by atoms with E-state index in [0.717, 1.165) is 0 Å². The molecule has 6 amide bonds. The summed E-state index contributed by atoms with van der Waals surface area (Å²) in [5.74, 6) is -0.294. The molecular formula is C23H45N5O9. The number of rotatable bonds is 12. The number of likely N-dealkylation sites (tertiary alicyclic amines) is 1. The summed E-state index contributed by atoms with van der Waals surface area (Å²) in [6.45, 7) is 11.1. The number of hydrogen-bond acceptors (Lipinski definition) is 9. The van der Waals surface area contributed by atoms with Gasteiger partial charge in [-0.05, 0) is 20.8 Å². The van der Waals surface area contributed by atoms with Crippen molar-refractivity contribution in [2.75, 3.05) is 53.0 Å². The quantitative estimate of drug-likeness (QED) is 0.156. The Hall–Kier alpha value is -3.42. The molecule has 1 unspecified atom stereocenters. The Balaban J connectivity index is -0.000000511. The Bertz CT molecular complexity index is 670. The fourth-order valence-electron chi connectivity index (χ4n) is 2.42. The van der Waals surface area contributed by atoms with Crippen molar-refractivity contribution >= 4 is 36.3 Å². The molecule has 0 spiro atoms. The second-order valence-corrected chi connectivity index (χ2v) is 7.29. The predicted molar refractivity (Wildman–Crippen MR) is 137 cm³/mol. The molecule has 216 valence electrons. The van der Waals surface area contributed by atoms with Gasteiger partial charge in [0, 0.05) is 59.1 Å². The molecule has 0 aromatic heterocycles. The minimum atomic E-state index is -0.514. The van der Waals surface area contributed by atoms with Crippen molar-refractivity contribution in [2.45, 2.75) is 54.6 Å². The first-order chi connectivity index (χ1) is 17.0. The number of nitrogens with zero attached hydrogens (tertiary/aromatic N) is 1. The van der Waals surface area contributed by atoms with E-state index in [-0.39, 0.29) is 44.3 Å². The fraction of sp³-hybridized carbons (Fsp3) is 0.739. The van der Waals surface area contributed by atoms with Gasteiger partial charge in [0.2, 0.25) is 24.1 Å². The molecule has 1 aliphatic rings. The third kappa shape index (κ3) is 21.6. The van der Waals surface area contributed by atoms with Gasteiger partial charge in [0.05, 0.1) is 0 Å². The van der Waals surface area contributed by atoms with Crippen LogP contribution in [0.4, 0.5) is 9.59 Å². The van der Waals surface area contributed by atoms with Crippen LogP contribution in [0, 0.1) is 5.92 Å². The Kier molecular flexibility index (Phi) is 25.0. The number of hydrogen-bond donors (Lipinski definition) is 4. The highest BCUT2D eigenvalue weighted by atomic mass is 16.6. The predicted octanol–water partition coefficient (Wildman–Crippen LogP) is 0.400. The first-order valence-electron chi connectivity index (χ1n) is 11.7.